The molecule has 2 saturated heterocycles. The van der Waals surface area contributed by atoms with Crippen molar-refractivity contribution >= 4 is 11.8 Å². The fourth-order valence-corrected chi connectivity index (χ4v) is 3.69. The van der Waals surface area contributed by atoms with Gasteiger partial charge in [-0.05, 0) is 26.7 Å². The van der Waals surface area contributed by atoms with Gasteiger partial charge in [-0.2, -0.15) is 4.98 Å². The molecule has 0 bridgehead atoms. The fourth-order valence-electron chi connectivity index (χ4n) is 3.69. The summed E-state index contributed by atoms with van der Waals surface area (Å²) in [7, 11) is 0. The van der Waals surface area contributed by atoms with Gasteiger partial charge in [0.25, 0.3) is 0 Å². The van der Waals surface area contributed by atoms with Gasteiger partial charge in [-0.25, -0.2) is 0 Å². The van der Waals surface area contributed by atoms with Crippen LogP contribution in [0, 0.1) is 5.92 Å². The Morgan fingerprint density at radius 3 is 2.60 bits per heavy atom. The highest BCUT2D eigenvalue weighted by molar-refractivity contribution is 5.89. The Labute approximate surface area is 148 Å². The van der Waals surface area contributed by atoms with Crippen LogP contribution in [0.25, 0.3) is 0 Å². The number of carbonyl (C=O) groups excluding carboxylic acids is 2. The molecule has 0 radical (unpaired) electrons. The minimum atomic E-state index is -0.217. The number of hydrogen-bond donors (Lipinski definition) is 0. The third-order valence-electron chi connectivity index (χ3n) is 5.18. The van der Waals surface area contributed by atoms with Crippen LogP contribution in [0.4, 0.5) is 0 Å². The molecule has 0 spiro atoms. The van der Waals surface area contributed by atoms with Crippen LogP contribution in [0.5, 0.6) is 0 Å². The van der Waals surface area contributed by atoms with Crippen molar-refractivity contribution in [2.45, 2.75) is 64.8 Å². The first-order valence-electron chi connectivity index (χ1n) is 9.28. The van der Waals surface area contributed by atoms with Gasteiger partial charge in [0.2, 0.25) is 17.7 Å². The third kappa shape index (κ3) is 3.70. The molecule has 138 valence electrons. The monoisotopic (exact) mass is 348 g/mol. The average Bonchev–Trinajstić information content (AvgIpc) is 3.21. The van der Waals surface area contributed by atoms with Gasteiger partial charge in [-0.1, -0.05) is 19.0 Å². The Morgan fingerprint density at radius 2 is 2.00 bits per heavy atom. The molecular weight excluding hydrogens is 320 g/mol. The number of amides is 2. The van der Waals surface area contributed by atoms with Gasteiger partial charge in [0, 0.05) is 43.9 Å². The second kappa shape index (κ2) is 7.14. The van der Waals surface area contributed by atoms with Gasteiger partial charge in [-0.3, -0.25) is 9.59 Å². The summed E-state index contributed by atoms with van der Waals surface area (Å²) in [5, 5.41) is 4.11. The normalized spacial score (nSPS) is 24.6. The van der Waals surface area contributed by atoms with E-state index >= 15 is 0 Å². The molecule has 2 amide bonds. The molecule has 1 aromatic rings. The Hall–Kier alpha value is -1.92. The second-order valence-electron chi connectivity index (χ2n) is 7.81. The van der Waals surface area contributed by atoms with E-state index in [0.29, 0.717) is 31.2 Å². The van der Waals surface area contributed by atoms with Gasteiger partial charge < -0.3 is 14.3 Å². The van der Waals surface area contributed by atoms with Gasteiger partial charge >= 0.3 is 0 Å². The van der Waals surface area contributed by atoms with Crippen molar-refractivity contribution in [3.05, 3.63) is 11.7 Å². The number of hydrogen-bond acceptors (Lipinski definition) is 5. The third-order valence-corrected chi connectivity index (χ3v) is 5.18. The predicted molar refractivity (Wildman–Crippen MR) is 91.9 cm³/mol. The van der Waals surface area contributed by atoms with Gasteiger partial charge in [0.15, 0.2) is 5.82 Å². The van der Waals surface area contributed by atoms with Crippen LogP contribution in [0.1, 0.15) is 70.5 Å². The van der Waals surface area contributed by atoms with Gasteiger partial charge in [-0.15, -0.1) is 0 Å². The highest BCUT2D eigenvalue weighted by atomic mass is 16.5. The molecule has 0 N–H and O–H groups in total. The summed E-state index contributed by atoms with van der Waals surface area (Å²) in [4.78, 5) is 33.2. The van der Waals surface area contributed by atoms with Crippen LogP contribution in [0.3, 0.4) is 0 Å². The molecular formula is C18H28N4O3. The van der Waals surface area contributed by atoms with Crippen molar-refractivity contribution in [3.8, 4) is 0 Å². The second-order valence-corrected chi connectivity index (χ2v) is 7.81. The number of carbonyl (C=O) groups is 2. The molecule has 0 aromatic carbocycles. The number of nitrogens with zero attached hydrogens (tertiary/aromatic N) is 4. The Bertz CT molecular complexity index is 640. The van der Waals surface area contributed by atoms with E-state index in [1.165, 1.54) is 0 Å². The maximum Gasteiger partial charge on any atom is 0.229 e. The number of rotatable bonds is 4. The predicted octanol–water partition coefficient (Wildman–Crippen LogP) is 2.16. The van der Waals surface area contributed by atoms with E-state index in [1.54, 1.807) is 4.90 Å². The minimum Gasteiger partial charge on any atom is -0.342 e. The molecule has 2 aliphatic heterocycles. The van der Waals surface area contributed by atoms with Crippen molar-refractivity contribution in [1.82, 2.24) is 19.9 Å². The van der Waals surface area contributed by atoms with E-state index in [1.807, 2.05) is 32.6 Å². The summed E-state index contributed by atoms with van der Waals surface area (Å²) in [6, 6.07) is 0.146. The first kappa shape index (κ1) is 17.9. The number of piperidine rings is 1. The zero-order valence-electron chi connectivity index (χ0n) is 15.6. The SMILES string of the molecule is CC(C)c1nc([C@@H]2CCCN(C(=O)[C@H]3CC(=O)N(C(C)C)C3)C2)no1. The van der Waals surface area contributed by atoms with Crippen molar-refractivity contribution in [2.24, 2.45) is 5.92 Å². The van der Waals surface area contributed by atoms with Crippen LogP contribution < -0.4 is 0 Å². The lowest BCUT2D eigenvalue weighted by molar-refractivity contribution is -0.137. The Kier molecular flexibility index (Phi) is 5.11. The van der Waals surface area contributed by atoms with E-state index in [2.05, 4.69) is 10.1 Å². The van der Waals surface area contributed by atoms with Crippen molar-refractivity contribution in [1.29, 1.82) is 0 Å². The summed E-state index contributed by atoms with van der Waals surface area (Å²) in [6.07, 6.45) is 2.22. The lowest BCUT2D eigenvalue weighted by Gasteiger charge is -2.33. The number of aromatic nitrogens is 2. The highest BCUT2D eigenvalue weighted by Gasteiger charge is 2.39. The molecule has 3 heterocycles. The van der Waals surface area contributed by atoms with Crippen molar-refractivity contribution < 1.29 is 14.1 Å². The van der Waals surface area contributed by atoms with Crippen molar-refractivity contribution in [2.75, 3.05) is 19.6 Å². The molecule has 7 heteroatoms. The Balaban J connectivity index is 1.65. The molecule has 0 aliphatic carbocycles. The average molecular weight is 348 g/mol. The zero-order chi connectivity index (χ0) is 18.1. The molecule has 2 atom stereocenters. The summed E-state index contributed by atoms with van der Waals surface area (Å²) >= 11 is 0. The fraction of sp³-hybridized carbons (Fsp3) is 0.778. The van der Waals surface area contributed by atoms with E-state index in [0.717, 1.165) is 19.4 Å². The Morgan fingerprint density at radius 1 is 1.24 bits per heavy atom. The topological polar surface area (TPSA) is 79.5 Å². The van der Waals surface area contributed by atoms with Crippen LogP contribution in [0.2, 0.25) is 0 Å². The van der Waals surface area contributed by atoms with Crippen LogP contribution in [0.15, 0.2) is 4.52 Å². The van der Waals surface area contributed by atoms with E-state index in [9.17, 15) is 9.59 Å². The van der Waals surface area contributed by atoms with E-state index < -0.39 is 0 Å². The largest absolute Gasteiger partial charge is 0.342 e. The van der Waals surface area contributed by atoms with E-state index in [-0.39, 0.29) is 35.6 Å². The maximum atomic E-state index is 12.9. The first-order chi connectivity index (χ1) is 11.9. The molecule has 1 aromatic heterocycles. The summed E-state index contributed by atoms with van der Waals surface area (Å²) in [6.45, 7) is 9.92. The summed E-state index contributed by atoms with van der Waals surface area (Å²) in [5.74, 6) is 1.63. The molecule has 3 rings (SSSR count). The minimum absolute atomic E-state index is 0.0849. The van der Waals surface area contributed by atoms with E-state index in [4.69, 9.17) is 4.52 Å². The standard InChI is InChI=1S/C18H28N4O3/c1-11(2)17-19-16(20-25-17)13-6-5-7-21(9-13)18(24)14-8-15(23)22(10-14)12(3)4/h11-14H,5-10H2,1-4H3/t13-,14+/m1/s1. The molecule has 0 saturated carbocycles. The summed E-state index contributed by atoms with van der Waals surface area (Å²) in [5.41, 5.74) is 0. The lowest BCUT2D eigenvalue weighted by Crippen LogP contribution is -2.43. The first-order valence-corrected chi connectivity index (χ1v) is 9.28. The molecule has 2 aliphatic rings. The molecule has 2 fully saturated rings. The van der Waals surface area contributed by atoms with Gasteiger partial charge in [0.05, 0.1) is 5.92 Å². The van der Waals surface area contributed by atoms with Crippen molar-refractivity contribution in [3.63, 3.8) is 0 Å². The number of likely N-dealkylation sites (tertiary alicyclic amines) is 2. The molecule has 25 heavy (non-hydrogen) atoms. The lowest BCUT2D eigenvalue weighted by atomic mass is 9.95. The van der Waals surface area contributed by atoms with Gasteiger partial charge in [0.1, 0.15) is 0 Å². The molecule has 7 nitrogen and oxygen atoms in total. The molecule has 0 unspecified atom stereocenters. The van der Waals surface area contributed by atoms with Crippen LogP contribution in [-0.4, -0.2) is 57.4 Å². The van der Waals surface area contributed by atoms with Crippen LogP contribution >= 0.6 is 0 Å². The zero-order valence-corrected chi connectivity index (χ0v) is 15.6. The smallest absolute Gasteiger partial charge is 0.229 e. The highest BCUT2D eigenvalue weighted by Crippen LogP contribution is 2.29. The maximum absolute atomic E-state index is 12.9. The van der Waals surface area contributed by atoms with Crippen LogP contribution in [-0.2, 0) is 9.59 Å². The summed E-state index contributed by atoms with van der Waals surface area (Å²) < 4.78 is 5.31. The quantitative estimate of drug-likeness (QED) is 0.833.